The van der Waals surface area contributed by atoms with Crippen LogP contribution in [0, 0.1) is 0 Å². The van der Waals surface area contributed by atoms with Crippen molar-refractivity contribution in [1.29, 1.82) is 0 Å². The molecule has 0 heterocycles. The lowest BCUT2D eigenvalue weighted by atomic mass is 10.1. The molecule has 0 saturated heterocycles. The smallest absolute Gasteiger partial charge is 0.325 e. The predicted molar refractivity (Wildman–Crippen MR) is 104 cm³/mol. The highest BCUT2D eigenvalue weighted by atomic mass is 32.2. The summed E-state index contributed by atoms with van der Waals surface area (Å²) in [4.78, 5) is 12.3. The Labute approximate surface area is 165 Å². The van der Waals surface area contributed by atoms with Crippen LogP contribution in [0.15, 0.2) is 71.6 Å². The van der Waals surface area contributed by atoms with Crippen LogP contribution in [0.2, 0.25) is 0 Å². The number of rotatable bonds is 5. The van der Waals surface area contributed by atoms with Crippen LogP contribution in [0.25, 0.3) is 10.8 Å². The first-order valence-corrected chi connectivity index (χ1v) is 10.0. The monoisotopic (exact) mass is 422 g/mol. The molecular weight excluding hydrogens is 405 g/mol. The van der Waals surface area contributed by atoms with Gasteiger partial charge in [-0.1, -0.05) is 36.4 Å². The highest BCUT2D eigenvalue weighted by Crippen LogP contribution is 2.30. The standard InChI is InChI=1S/C20H17F3N2O3S/c1-13(19(26)24-17-8-4-7-16(12-17)20(21,22)23)25-29(27,28)18-10-9-14-5-2-3-6-15(14)11-18/h2-13,25H,1H3,(H,24,26)/t13-/m0/s1. The van der Waals surface area contributed by atoms with E-state index in [9.17, 15) is 26.4 Å². The summed E-state index contributed by atoms with van der Waals surface area (Å²) >= 11 is 0. The Hall–Kier alpha value is -2.91. The van der Waals surface area contributed by atoms with Gasteiger partial charge in [-0.25, -0.2) is 8.42 Å². The summed E-state index contributed by atoms with van der Waals surface area (Å²) in [6, 6.07) is 14.6. The third-order valence-electron chi connectivity index (χ3n) is 4.21. The second kappa shape index (κ2) is 7.84. The summed E-state index contributed by atoms with van der Waals surface area (Å²) in [6.45, 7) is 1.31. The summed E-state index contributed by atoms with van der Waals surface area (Å²) in [6.07, 6.45) is -4.55. The zero-order valence-corrected chi connectivity index (χ0v) is 16.0. The van der Waals surface area contributed by atoms with Gasteiger partial charge in [0, 0.05) is 5.69 Å². The Morgan fingerprint density at radius 3 is 2.31 bits per heavy atom. The Morgan fingerprint density at radius 2 is 1.62 bits per heavy atom. The Balaban J connectivity index is 1.74. The van der Waals surface area contributed by atoms with E-state index in [4.69, 9.17) is 0 Å². The summed E-state index contributed by atoms with van der Waals surface area (Å²) in [5.74, 6) is -0.784. The summed E-state index contributed by atoms with van der Waals surface area (Å²) < 4.78 is 65.8. The minimum absolute atomic E-state index is 0.0186. The average Bonchev–Trinajstić information content (AvgIpc) is 2.66. The highest BCUT2D eigenvalue weighted by molar-refractivity contribution is 7.89. The summed E-state index contributed by atoms with van der Waals surface area (Å²) in [5, 5.41) is 3.87. The molecule has 5 nitrogen and oxygen atoms in total. The van der Waals surface area contributed by atoms with E-state index in [0.29, 0.717) is 0 Å². The van der Waals surface area contributed by atoms with Gasteiger partial charge in [0.25, 0.3) is 0 Å². The van der Waals surface area contributed by atoms with E-state index in [0.717, 1.165) is 29.0 Å². The highest BCUT2D eigenvalue weighted by Gasteiger charge is 2.30. The molecule has 152 valence electrons. The van der Waals surface area contributed by atoms with E-state index in [1.807, 2.05) is 12.1 Å². The number of sulfonamides is 1. The van der Waals surface area contributed by atoms with Crippen molar-refractivity contribution in [2.75, 3.05) is 5.32 Å². The molecule has 0 spiro atoms. The van der Waals surface area contributed by atoms with Crippen molar-refractivity contribution in [2.45, 2.75) is 24.0 Å². The number of carbonyl (C=O) groups excluding carboxylic acids is 1. The van der Waals surface area contributed by atoms with Gasteiger partial charge in [0.1, 0.15) is 0 Å². The predicted octanol–water partition coefficient (Wildman–Crippen LogP) is 4.16. The third kappa shape index (κ3) is 4.93. The largest absolute Gasteiger partial charge is 0.416 e. The van der Waals surface area contributed by atoms with E-state index in [-0.39, 0.29) is 10.6 Å². The number of anilines is 1. The van der Waals surface area contributed by atoms with Gasteiger partial charge in [-0.15, -0.1) is 0 Å². The van der Waals surface area contributed by atoms with E-state index < -0.39 is 33.7 Å². The van der Waals surface area contributed by atoms with Gasteiger partial charge in [-0.05, 0) is 48.0 Å². The maximum absolute atomic E-state index is 12.8. The summed E-state index contributed by atoms with van der Waals surface area (Å²) in [7, 11) is -4.01. The topological polar surface area (TPSA) is 75.3 Å². The quantitative estimate of drug-likeness (QED) is 0.648. The molecule has 0 aliphatic carbocycles. The Morgan fingerprint density at radius 1 is 0.931 bits per heavy atom. The normalized spacial score (nSPS) is 13.2. The van der Waals surface area contributed by atoms with Gasteiger partial charge in [-0.3, -0.25) is 4.79 Å². The number of amides is 1. The second-order valence-corrected chi connectivity index (χ2v) is 8.13. The van der Waals surface area contributed by atoms with Crippen molar-refractivity contribution in [3.63, 3.8) is 0 Å². The molecule has 1 amide bonds. The Kier molecular flexibility index (Phi) is 5.63. The van der Waals surface area contributed by atoms with Gasteiger partial charge in [0.2, 0.25) is 15.9 Å². The molecule has 0 aromatic heterocycles. The summed E-state index contributed by atoms with van der Waals surface area (Å²) in [5.41, 5.74) is -0.999. The zero-order valence-electron chi connectivity index (χ0n) is 15.2. The van der Waals surface area contributed by atoms with E-state index in [2.05, 4.69) is 10.0 Å². The molecule has 3 aromatic rings. The molecule has 0 aliphatic rings. The molecule has 0 saturated carbocycles. The number of hydrogen-bond donors (Lipinski definition) is 2. The lowest BCUT2D eigenvalue weighted by Crippen LogP contribution is -2.41. The molecule has 0 radical (unpaired) electrons. The van der Waals surface area contributed by atoms with Crippen LogP contribution in [0.4, 0.5) is 18.9 Å². The molecule has 3 rings (SSSR count). The van der Waals surface area contributed by atoms with E-state index in [1.165, 1.54) is 25.1 Å². The fraction of sp³-hybridized carbons (Fsp3) is 0.150. The maximum atomic E-state index is 12.8. The van der Waals surface area contributed by atoms with Gasteiger partial charge in [0.05, 0.1) is 16.5 Å². The number of carbonyl (C=O) groups is 1. The van der Waals surface area contributed by atoms with Crippen LogP contribution in [0.5, 0.6) is 0 Å². The van der Waals surface area contributed by atoms with Crippen LogP contribution in [0.3, 0.4) is 0 Å². The average molecular weight is 422 g/mol. The fourth-order valence-corrected chi connectivity index (χ4v) is 3.95. The maximum Gasteiger partial charge on any atom is 0.416 e. The number of hydrogen-bond acceptors (Lipinski definition) is 3. The van der Waals surface area contributed by atoms with Crippen LogP contribution < -0.4 is 10.0 Å². The lowest BCUT2D eigenvalue weighted by Gasteiger charge is -2.15. The molecule has 9 heteroatoms. The Bertz CT molecular complexity index is 1160. The molecule has 3 aromatic carbocycles. The molecular formula is C20H17F3N2O3S. The molecule has 2 N–H and O–H groups in total. The minimum atomic E-state index is -4.55. The molecule has 29 heavy (non-hydrogen) atoms. The van der Waals surface area contributed by atoms with Crippen molar-refractivity contribution in [1.82, 2.24) is 4.72 Å². The van der Waals surface area contributed by atoms with Gasteiger partial charge >= 0.3 is 6.18 Å². The molecule has 0 fully saturated rings. The van der Waals surface area contributed by atoms with Crippen molar-refractivity contribution in [3.8, 4) is 0 Å². The van der Waals surface area contributed by atoms with Gasteiger partial charge in [0.15, 0.2) is 0 Å². The first-order chi connectivity index (χ1) is 13.6. The molecule has 1 atom stereocenters. The molecule has 0 aliphatic heterocycles. The van der Waals surface area contributed by atoms with Crippen molar-refractivity contribution in [3.05, 3.63) is 72.3 Å². The minimum Gasteiger partial charge on any atom is -0.325 e. The van der Waals surface area contributed by atoms with Crippen molar-refractivity contribution < 1.29 is 26.4 Å². The van der Waals surface area contributed by atoms with Gasteiger partial charge in [-0.2, -0.15) is 17.9 Å². The number of halogens is 3. The third-order valence-corrected chi connectivity index (χ3v) is 5.75. The number of nitrogens with one attached hydrogen (secondary N) is 2. The van der Waals surface area contributed by atoms with Crippen LogP contribution in [0.1, 0.15) is 12.5 Å². The number of alkyl halides is 3. The first kappa shape index (κ1) is 20.8. The number of fused-ring (bicyclic) bond motifs is 1. The second-order valence-electron chi connectivity index (χ2n) is 6.42. The zero-order chi connectivity index (χ0) is 21.2. The van der Waals surface area contributed by atoms with Crippen molar-refractivity contribution >= 4 is 32.4 Å². The lowest BCUT2D eigenvalue weighted by molar-refractivity contribution is -0.137. The first-order valence-electron chi connectivity index (χ1n) is 8.55. The molecule has 0 bridgehead atoms. The fourth-order valence-electron chi connectivity index (χ4n) is 2.71. The SMILES string of the molecule is C[C@H](NS(=O)(=O)c1ccc2ccccc2c1)C(=O)Nc1cccc(C(F)(F)F)c1. The number of benzene rings is 3. The van der Waals surface area contributed by atoms with E-state index in [1.54, 1.807) is 18.2 Å². The van der Waals surface area contributed by atoms with Gasteiger partial charge < -0.3 is 5.32 Å². The van der Waals surface area contributed by atoms with Crippen LogP contribution in [-0.4, -0.2) is 20.4 Å². The molecule has 0 unspecified atom stereocenters. The van der Waals surface area contributed by atoms with Crippen molar-refractivity contribution in [2.24, 2.45) is 0 Å². The van der Waals surface area contributed by atoms with Crippen LogP contribution >= 0.6 is 0 Å². The van der Waals surface area contributed by atoms with E-state index >= 15 is 0 Å². The van der Waals surface area contributed by atoms with Crippen LogP contribution in [-0.2, 0) is 21.0 Å².